The Bertz CT molecular complexity index is 743. The van der Waals surface area contributed by atoms with Crippen LogP contribution in [0, 0.1) is 0 Å². The van der Waals surface area contributed by atoms with E-state index in [0.29, 0.717) is 19.1 Å². The Morgan fingerprint density at radius 1 is 1.22 bits per heavy atom. The van der Waals surface area contributed by atoms with E-state index in [1.54, 1.807) is 7.11 Å². The lowest BCUT2D eigenvalue weighted by Crippen LogP contribution is -2.46. The van der Waals surface area contributed by atoms with Crippen molar-refractivity contribution in [1.29, 1.82) is 0 Å². The van der Waals surface area contributed by atoms with Gasteiger partial charge < -0.3 is 20.1 Å². The van der Waals surface area contributed by atoms with Gasteiger partial charge in [0, 0.05) is 37.9 Å². The molecule has 0 radical (unpaired) electrons. The summed E-state index contributed by atoms with van der Waals surface area (Å²) >= 11 is 0. The lowest BCUT2D eigenvalue weighted by Gasteiger charge is -2.40. The second-order valence-corrected chi connectivity index (χ2v) is 7.84. The van der Waals surface area contributed by atoms with Crippen LogP contribution in [-0.4, -0.2) is 66.2 Å². The summed E-state index contributed by atoms with van der Waals surface area (Å²) in [5, 5.41) is 12.3. The molecule has 1 saturated carbocycles. The highest BCUT2D eigenvalue weighted by molar-refractivity contribution is 6.06. The highest BCUT2D eigenvalue weighted by atomic mass is 16.5. The monoisotopic (exact) mass is 373 g/mol. The first-order chi connectivity index (χ1) is 13.0. The summed E-state index contributed by atoms with van der Waals surface area (Å²) in [5.41, 5.74) is 1.53. The van der Waals surface area contributed by atoms with Gasteiger partial charge in [-0.15, -0.1) is 0 Å². The van der Waals surface area contributed by atoms with Crippen molar-refractivity contribution in [2.75, 3.05) is 38.6 Å². The number of nitrogens with one attached hydrogen (secondary N) is 1. The molecule has 27 heavy (non-hydrogen) atoms. The van der Waals surface area contributed by atoms with Crippen molar-refractivity contribution in [3.63, 3.8) is 0 Å². The van der Waals surface area contributed by atoms with Gasteiger partial charge in [0.15, 0.2) is 0 Å². The number of fused-ring (bicyclic) bond motifs is 2. The van der Waals surface area contributed by atoms with Crippen molar-refractivity contribution in [2.45, 2.75) is 43.6 Å². The van der Waals surface area contributed by atoms with Gasteiger partial charge in [-0.3, -0.25) is 9.69 Å². The van der Waals surface area contributed by atoms with Crippen LogP contribution in [0.15, 0.2) is 18.2 Å². The number of carboxylic acid groups (broad SMARTS) is 1. The van der Waals surface area contributed by atoms with Crippen LogP contribution in [0.5, 0.6) is 5.75 Å². The van der Waals surface area contributed by atoms with Gasteiger partial charge in [-0.2, -0.15) is 0 Å². The molecule has 1 aromatic carbocycles. The van der Waals surface area contributed by atoms with Crippen molar-refractivity contribution < 1.29 is 19.4 Å². The molecule has 2 fully saturated rings. The zero-order valence-corrected chi connectivity index (χ0v) is 15.7. The number of carbonyl (C=O) groups is 2. The third-order valence-corrected chi connectivity index (χ3v) is 6.55. The summed E-state index contributed by atoms with van der Waals surface area (Å²) in [6, 6.07) is 6.24. The van der Waals surface area contributed by atoms with Gasteiger partial charge >= 0.3 is 6.09 Å². The quantitative estimate of drug-likeness (QED) is 0.832. The SMILES string of the molecule is COc1ccc2c(c1)C1(CCC(N3CCCN(C(=O)O)CC3)CC1)C(=O)N2. The van der Waals surface area contributed by atoms with Gasteiger partial charge in [0.1, 0.15) is 5.75 Å². The van der Waals surface area contributed by atoms with Crippen molar-refractivity contribution in [1.82, 2.24) is 9.80 Å². The van der Waals surface area contributed by atoms with Crippen LogP contribution in [-0.2, 0) is 10.2 Å². The minimum absolute atomic E-state index is 0.108. The normalized spacial score (nSPS) is 28.6. The lowest BCUT2D eigenvalue weighted by molar-refractivity contribution is -0.122. The van der Waals surface area contributed by atoms with E-state index in [1.165, 1.54) is 4.90 Å². The first kappa shape index (κ1) is 18.1. The number of rotatable bonds is 2. The molecular formula is C20H27N3O4. The van der Waals surface area contributed by atoms with Crippen LogP contribution in [0.3, 0.4) is 0 Å². The first-order valence-electron chi connectivity index (χ1n) is 9.75. The Morgan fingerprint density at radius 2 is 2.00 bits per heavy atom. The maximum absolute atomic E-state index is 12.8. The van der Waals surface area contributed by atoms with E-state index in [9.17, 15) is 14.7 Å². The molecule has 0 aromatic heterocycles. The van der Waals surface area contributed by atoms with E-state index in [0.717, 1.165) is 62.2 Å². The highest BCUT2D eigenvalue weighted by Gasteiger charge is 2.49. The van der Waals surface area contributed by atoms with Crippen LogP contribution >= 0.6 is 0 Å². The zero-order chi connectivity index (χ0) is 19.0. The number of amides is 2. The van der Waals surface area contributed by atoms with Crippen molar-refractivity contribution in [3.05, 3.63) is 23.8 Å². The molecule has 0 unspecified atom stereocenters. The fraction of sp³-hybridized carbons (Fsp3) is 0.600. The number of anilines is 1. The summed E-state index contributed by atoms with van der Waals surface area (Å²) in [4.78, 5) is 28.0. The van der Waals surface area contributed by atoms with Gasteiger partial charge in [0.2, 0.25) is 5.91 Å². The Kier molecular flexibility index (Phi) is 4.72. The zero-order valence-electron chi connectivity index (χ0n) is 15.7. The minimum Gasteiger partial charge on any atom is -0.497 e. The summed E-state index contributed by atoms with van der Waals surface area (Å²) in [6.45, 7) is 2.88. The second-order valence-electron chi connectivity index (χ2n) is 7.84. The predicted octanol–water partition coefficient (Wildman–Crippen LogP) is 2.51. The summed E-state index contributed by atoms with van der Waals surface area (Å²) < 4.78 is 5.37. The van der Waals surface area contributed by atoms with Crippen molar-refractivity contribution in [3.8, 4) is 5.75 Å². The van der Waals surface area contributed by atoms with Gasteiger partial charge in [0.25, 0.3) is 0 Å². The molecular weight excluding hydrogens is 346 g/mol. The van der Waals surface area contributed by atoms with E-state index in [-0.39, 0.29) is 5.91 Å². The molecule has 0 atom stereocenters. The fourth-order valence-corrected chi connectivity index (χ4v) is 4.97. The Hall–Kier alpha value is -2.28. The van der Waals surface area contributed by atoms with Gasteiger partial charge in [-0.1, -0.05) is 0 Å². The summed E-state index contributed by atoms with van der Waals surface area (Å²) in [6.07, 6.45) is 3.60. The fourth-order valence-electron chi connectivity index (χ4n) is 4.97. The van der Waals surface area contributed by atoms with E-state index >= 15 is 0 Å². The standard InChI is InChI=1S/C20H27N3O4/c1-27-15-3-4-17-16(13-15)20(18(24)21-17)7-5-14(6-8-20)22-9-2-10-23(12-11-22)19(25)26/h3-4,13-14H,2,5-12H2,1H3,(H,21,24)(H,25,26). The van der Waals surface area contributed by atoms with E-state index in [2.05, 4.69) is 10.2 Å². The van der Waals surface area contributed by atoms with Gasteiger partial charge in [-0.25, -0.2) is 4.79 Å². The molecule has 2 N–H and O–H groups in total. The molecule has 1 aromatic rings. The summed E-state index contributed by atoms with van der Waals surface area (Å²) in [7, 11) is 1.65. The largest absolute Gasteiger partial charge is 0.497 e. The number of ether oxygens (including phenoxy) is 1. The molecule has 1 spiro atoms. The van der Waals surface area contributed by atoms with Crippen LogP contribution < -0.4 is 10.1 Å². The number of carbonyl (C=O) groups excluding carboxylic acids is 1. The van der Waals surface area contributed by atoms with E-state index < -0.39 is 11.5 Å². The summed E-state index contributed by atoms with van der Waals surface area (Å²) in [5.74, 6) is 0.894. The van der Waals surface area contributed by atoms with Gasteiger partial charge in [0.05, 0.1) is 12.5 Å². The van der Waals surface area contributed by atoms with Crippen molar-refractivity contribution >= 4 is 17.7 Å². The number of hydrogen-bond donors (Lipinski definition) is 2. The first-order valence-corrected chi connectivity index (χ1v) is 9.75. The average molecular weight is 373 g/mol. The third-order valence-electron chi connectivity index (χ3n) is 6.55. The molecule has 2 heterocycles. The molecule has 0 bridgehead atoms. The molecule has 2 amide bonds. The lowest BCUT2D eigenvalue weighted by atomic mass is 9.68. The Morgan fingerprint density at radius 3 is 2.70 bits per heavy atom. The smallest absolute Gasteiger partial charge is 0.407 e. The number of methoxy groups -OCH3 is 1. The topological polar surface area (TPSA) is 82.1 Å². The number of benzene rings is 1. The molecule has 7 nitrogen and oxygen atoms in total. The Labute approximate surface area is 159 Å². The van der Waals surface area contributed by atoms with Crippen molar-refractivity contribution in [2.24, 2.45) is 0 Å². The molecule has 3 aliphatic rings. The van der Waals surface area contributed by atoms with Crippen LogP contribution in [0.25, 0.3) is 0 Å². The Balaban J connectivity index is 1.46. The molecule has 1 saturated heterocycles. The predicted molar refractivity (Wildman–Crippen MR) is 101 cm³/mol. The number of hydrogen-bond acceptors (Lipinski definition) is 4. The van der Waals surface area contributed by atoms with Crippen LogP contribution in [0.1, 0.15) is 37.7 Å². The third kappa shape index (κ3) is 3.14. The highest BCUT2D eigenvalue weighted by Crippen LogP contribution is 2.49. The second kappa shape index (κ2) is 7.03. The molecule has 146 valence electrons. The van der Waals surface area contributed by atoms with Gasteiger partial charge in [-0.05, 0) is 55.9 Å². The molecule has 1 aliphatic carbocycles. The minimum atomic E-state index is -0.826. The number of nitrogens with zero attached hydrogens (tertiary/aromatic N) is 2. The van der Waals surface area contributed by atoms with E-state index in [4.69, 9.17) is 4.74 Å². The molecule has 2 aliphatic heterocycles. The molecule has 7 heteroatoms. The maximum atomic E-state index is 12.8. The van der Waals surface area contributed by atoms with E-state index in [1.807, 2.05) is 18.2 Å². The maximum Gasteiger partial charge on any atom is 0.407 e. The van der Waals surface area contributed by atoms with Crippen LogP contribution in [0.4, 0.5) is 10.5 Å². The average Bonchev–Trinajstić information content (AvgIpc) is 2.84. The molecule has 4 rings (SSSR count). The van der Waals surface area contributed by atoms with Crippen LogP contribution in [0.2, 0.25) is 0 Å².